The highest BCUT2D eigenvalue weighted by Gasteiger charge is 2.43. The molecule has 1 fully saturated rings. The molecule has 0 aromatic heterocycles. The predicted molar refractivity (Wildman–Crippen MR) is 223 cm³/mol. The van der Waals surface area contributed by atoms with Crippen LogP contribution in [0.2, 0.25) is 0 Å². The van der Waals surface area contributed by atoms with Crippen LogP contribution in [0.5, 0.6) is 0 Å². The Kier molecular flexibility index (Phi) is 19.5. The smallest absolute Gasteiger partial charge is 0.410 e. The third-order valence-corrected chi connectivity index (χ3v) is 11.1. The van der Waals surface area contributed by atoms with Gasteiger partial charge in [0, 0.05) is 47.3 Å². The number of hydrogen-bond acceptors (Lipinski definition) is 8. The number of ether oxygens (including phenoxy) is 3. The van der Waals surface area contributed by atoms with Gasteiger partial charge < -0.3 is 34.6 Å². The molecule has 1 aliphatic rings. The van der Waals surface area contributed by atoms with E-state index in [1.807, 2.05) is 97.0 Å². The molecule has 9 atom stereocenters. The van der Waals surface area contributed by atoms with E-state index in [0.717, 1.165) is 12.0 Å². The van der Waals surface area contributed by atoms with E-state index in [0.29, 0.717) is 19.4 Å². The van der Waals surface area contributed by atoms with Crippen molar-refractivity contribution in [3.05, 3.63) is 42.3 Å². The van der Waals surface area contributed by atoms with Crippen LogP contribution in [0.4, 0.5) is 4.79 Å². The first-order valence-electron chi connectivity index (χ1n) is 20.7. The summed E-state index contributed by atoms with van der Waals surface area (Å²) in [5.41, 5.74) is 0.264. The maximum absolute atomic E-state index is 14.4. The summed E-state index contributed by atoms with van der Waals surface area (Å²) in [7, 11) is 6.35. The van der Waals surface area contributed by atoms with E-state index >= 15 is 0 Å². The van der Waals surface area contributed by atoms with Crippen LogP contribution in [-0.4, -0.2) is 127 Å². The number of amides is 5. The molecule has 2 N–H and O–H groups in total. The Hall–Kier alpha value is -3.71. The largest absolute Gasteiger partial charge is 0.444 e. The second-order valence-electron chi connectivity index (χ2n) is 17.5. The van der Waals surface area contributed by atoms with Crippen molar-refractivity contribution in [1.82, 2.24) is 25.3 Å². The zero-order valence-electron chi connectivity index (χ0n) is 37.5. The molecule has 323 valence electrons. The number of carbonyl (C=O) groups is 5. The van der Waals surface area contributed by atoms with Gasteiger partial charge in [-0.05, 0) is 63.9 Å². The summed E-state index contributed by atoms with van der Waals surface area (Å²) in [6, 6.07) is 6.98. The fourth-order valence-electron chi connectivity index (χ4n) is 7.90. The van der Waals surface area contributed by atoms with Gasteiger partial charge in [-0.3, -0.25) is 24.1 Å². The Bertz CT molecular complexity index is 1450. The quantitative estimate of drug-likeness (QED) is 0.171. The molecule has 0 unspecified atom stereocenters. The van der Waals surface area contributed by atoms with Crippen molar-refractivity contribution in [2.75, 3.05) is 34.9 Å². The van der Waals surface area contributed by atoms with Crippen molar-refractivity contribution in [3.8, 4) is 0 Å². The lowest BCUT2D eigenvalue weighted by Crippen LogP contribution is -2.60. The van der Waals surface area contributed by atoms with Gasteiger partial charge in [0.15, 0.2) is 0 Å². The van der Waals surface area contributed by atoms with Gasteiger partial charge in [0.2, 0.25) is 23.6 Å². The molecule has 0 saturated carbocycles. The second-order valence-corrected chi connectivity index (χ2v) is 17.5. The van der Waals surface area contributed by atoms with Crippen molar-refractivity contribution in [3.63, 3.8) is 0 Å². The maximum atomic E-state index is 14.4. The maximum Gasteiger partial charge on any atom is 0.410 e. The number of nitrogens with one attached hydrogen (secondary N) is 2. The van der Waals surface area contributed by atoms with E-state index in [9.17, 15) is 24.0 Å². The number of carbonyl (C=O) groups excluding carboxylic acids is 5. The molecule has 13 nitrogen and oxygen atoms in total. The predicted octanol–water partition coefficient (Wildman–Crippen LogP) is 5.70. The van der Waals surface area contributed by atoms with Crippen LogP contribution in [0.3, 0.4) is 0 Å². The van der Waals surface area contributed by atoms with Crippen LogP contribution in [0.15, 0.2) is 30.3 Å². The van der Waals surface area contributed by atoms with E-state index in [2.05, 4.69) is 10.6 Å². The average molecular weight is 801 g/mol. The average Bonchev–Trinajstić information content (AvgIpc) is 3.62. The van der Waals surface area contributed by atoms with E-state index in [4.69, 9.17) is 14.2 Å². The first-order valence-corrected chi connectivity index (χ1v) is 20.7. The number of hydrogen-bond donors (Lipinski definition) is 2. The molecule has 0 bridgehead atoms. The van der Waals surface area contributed by atoms with Gasteiger partial charge in [-0.25, -0.2) is 4.79 Å². The second kappa shape index (κ2) is 22.4. The molecule has 1 aliphatic heterocycles. The molecule has 1 saturated heterocycles. The zero-order chi connectivity index (χ0) is 43.4. The van der Waals surface area contributed by atoms with Crippen LogP contribution in [0.25, 0.3) is 0 Å². The van der Waals surface area contributed by atoms with Crippen molar-refractivity contribution >= 4 is 29.7 Å². The number of nitrogens with zero attached hydrogens (tertiary/aromatic N) is 3. The minimum atomic E-state index is -0.915. The molecule has 57 heavy (non-hydrogen) atoms. The minimum Gasteiger partial charge on any atom is -0.444 e. The summed E-state index contributed by atoms with van der Waals surface area (Å²) in [5.74, 6) is -2.24. The molecule has 5 amide bonds. The number of methoxy groups -OCH3 is 2. The van der Waals surface area contributed by atoms with Crippen LogP contribution in [0, 0.1) is 30.1 Å². The van der Waals surface area contributed by atoms with Gasteiger partial charge in [-0.2, -0.15) is 0 Å². The molecule has 1 aromatic rings. The lowest BCUT2D eigenvalue weighted by Gasteiger charge is -2.41. The van der Waals surface area contributed by atoms with Crippen molar-refractivity contribution in [2.45, 2.75) is 150 Å². The van der Waals surface area contributed by atoms with Crippen molar-refractivity contribution in [1.29, 1.82) is 0 Å². The highest BCUT2D eigenvalue weighted by atomic mass is 16.6. The molecule has 1 radical (unpaired) electrons. The Labute approximate surface area is 343 Å². The molecule has 1 aromatic carbocycles. The third kappa shape index (κ3) is 14.0. The minimum absolute atomic E-state index is 0.00845. The molecular weight excluding hydrogens is 727 g/mol. The molecule has 0 aliphatic carbocycles. The molecular formula is C44H74N5O8. The fourth-order valence-corrected chi connectivity index (χ4v) is 7.90. The number of likely N-dealkylation sites (N-methyl/N-ethyl adjacent to an activating group) is 2. The Morgan fingerprint density at radius 3 is 2.00 bits per heavy atom. The van der Waals surface area contributed by atoms with Crippen molar-refractivity contribution in [2.24, 2.45) is 23.7 Å². The Morgan fingerprint density at radius 2 is 1.49 bits per heavy atom. The number of likely N-dealkylation sites (tertiary alicyclic amines) is 1. The summed E-state index contributed by atoms with van der Waals surface area (Å²) in [6.07, 6.45) is 2.33. The molecule has 13 heteroatoms. The van der Waals surface area contributed by atoms with E-state index in [-0.39, 0.29) is 54.0 Å². The van der Waals surface area contributed by atoms with E-state index < -0.39 is 53.9 Å². The molecule has 0 spiro atoms. The topological polar surface area (TPSA) is 147 Å². The van der Waals surface area contributed by atoms with Crippen LogP contribution in [-0.2, 0) is 33.4 Å². The first kappa shape index (κ1) is 49.4. The van der Waals surface area contributed by atoms with Crippen molar-refractivity contribution < 1.29 is 38.2 Å². The summed E-state index contributed by atoms with van der Waals surface area (Å²) in [4.78, 5) is 73.7. The molecule has 1 heterocycles. The number of rotatable bonds is 20. The Morgan fingerprint density at radius 1 is 0.877 bits per heavy atom. The monoisotopic (exact) mass is 801 g/mol. The summed E-state index contributed by atoms with van der Waals surface area (Å²) >= 11 is 0. The highest BCUT2D eigenvalue weighted by Crippen LogP contribution is 2.30. The Balaban J connectivity index is 2.27. The van der Waals surface area contributed by atoms with Crippen LogP contribution in [0.1, 0.15) is 107 Å². The normalized spacial score (nSPS) is 18.8. The third-order valence-electron chi connectivity index (χ3n) is 11.1. The fraction of sp³-hybridized carbons (Fsp3) is 0.727. The lowest BCUT2D eigenvalue weighted by molar-refractivity contribution is -0.148. The van der Waals surface area contributed by atoms with Crippen LogP contribution < -0.4 is 10.6 Å². The number of benzene rings is 1. The molecule has 2 rings (SSSR count). The van der Waals surface area contributed by atoms with Gasteiger partial charge in [-0.1, -0.05) is 85.2 Å². The first-order chi connectivity index (χ1) is 26.6. The van der Waals surface area contributed by atoms with E-state index in [1.54, 1.807) is 46.9 Å². The summed E-state index contributed by atoms with van der Waals surface area (Å²) in [5, 5.41) is 6.04. The van der Waals surface area contributed by atoms with Gasteiger partial charge >= 0.3 is 6.09 Å². The zero-order valence-corrected chi connectivity index (χ0v) is 37.5. The van der Waals surface area contributed by atoms with Gasteiger partial charge in [0.05, 0.1) is 36.6 Å². The summed E-state index contributed by atoms with van der Waals surface area (Å²) in [6.45, 7) is 21.0. The lowest BCUT2D eigenvalue weighted by atomic mass is 9.89. The SMILES string of the molecule is CC[C@H](C)[C@@H]([C@@H](CC(=O)N1CCC[C@H]1[C@H](OC)[C@@H](C)C(=O)N[C@H](C)[CH]c1ccccc1)OC)N(C)C(=O)[C@@H](NC(=O)[C@H](C(C)C)N(C)C(=O)OC(C)(C)C)C(C)C. The van der Waals surface area contributed by atoms with Gasteiger partial charge in [0.25, 0.3) is 0 Å². The van der Waals surface area contributed by atoms with Gasteiger partial charge in [0.1, 0.15) is 17.7 Å². The van der Waals surface area contributed by atoms with Crippen LogP contribution >= 0.6 is 0 Å². The van der Waals surface area contributed by atoms with Gasteiger partial charge in [-0.15, -0.1) is 0 Å². The van der Waals surface area contributed by atoms with E-state index in [1.165, 1.54) is 11.9 Å². The standard InChI is InChI=1S/C44H74N5O8/c1-16-29(6)38(47(12)42(53)36(27(2)3)46-41(52)37(28(4)5)48(13)43(54)57-44(9,10)11)34(55-14)26-35(50)49-24-20-23-33(49)39(56-15)31(8)40(51)45-30(7)25-32-21-18-17-19-22-32/h17-19,21-22,25,27-31,33-34,36-39H,16,20,23-24,26H2,1-15H3,(H,45,51)(H,46,52)/t29-,30+,31+,33-,34+,36-,37-,38-,39+/m0/s1. The highest BCUT2D eigenvalue weighted by molar-refractivity contribution is 5.92. The summed E-state index contributed by atoms with van der Waals surface area (Å²) < 4.78 is 17.5.